The van der Waals surface area contributed by atoms with E-state index in [-0.39, 0.29) is 13.0 Å². The Morgan fingerprint density at radius 1 is 1.33 bits per heavy atom. The van der Waals surface area contributed by atoms with E-state index in [1.807, 2.05) is 0 Å². The van der Waals surface area contributed by atoms with Crippen molar-refractivity contribution in [1.29, 1.82) is 0 Å². The molecule has 2 N–H and O–H groups in total. The highest BCUT2D eigenvalue weighted by Crippen LogP contribution is 2.25. The topological polar surface area (TPSA) is 117 Å². The van der Waals surface area contributed by atoms with Gasteiger partial charge in [0.05, 0.1) is 7.11 Å². The average Bonchev–Trinajstić information content (AvgIpc) is 2.77. The number of primary amides is 1. The molecule has 2 atom stereocenters. The number of hydrogen-bond acceptors (Lipinski definition) is 7. The number of carbonyl (C=O) groups is 3. The zero-order valence-electron chi connectivity index (χ0n) is 12.5. The normalized spacial score (nSPS) is 21.8. The highest BCUT2D eigenvalue weighted by atomic mass is 16.8. The van der Waals surface area contributed by atoms with Gasteiger partial charge < -0.3 is 19.9 Å². The van der Waals surface area contributed by atoms with Crippen molar-refractivity contribution in [2.24, 2.45) is 5.73 Å². The van der Waals surface area contributed by atoms with Gasteiger partial charge in [0.15, 0.2) is 6.04 Å². The second-order valence-electron chi connectivity index (χ2n) is 5.44. The fourth-order valence-electron chi connectivity index (χ4n) is 1.70. The van der Waals surface area contributed by atoms with E-state index >= 15 is 0 Å². The van der Waals surface area contributed by atoms with Crippen LogP contribution in [-0.4, -0.2) is 54.7 Å². The molecule has 9 nitrogen and oxygen atoms in total. The molecule has 0 spiro atoms. The molecule has 1 aliphatic heterocycles. The third kappa shape index (κ3) is 5.10. The lowest BCUT2D eigenvalue weighted by molar-refractivity contribution is -0.175. The van der Waals surface area contributed by atoms with E-state index in [0.717, 1.165) is 5.06 Å². The Balaban J connectivity index is 2.75. The minimum absolute atomic E-state index is 0.110. The van der Waals surface area contributed by atoms with Crippen LogP contribution in [0.5, 0.6) is 0 Å². The van der Waals surface area contributed by atoms with Crippen molar-refractivity contribution in [2.45, 2.75) is 44.9 Å². The molecule has 1 saturated heterocycles. The summed E-state index contributed by atoms with van der Waals surface area (Å²) in [6.45, 7) is 4.87. The number of rotatable bonds is 3. The van der Waals surface area contributed by atoms with Crippen molar-refractivity contribution in [3.63, 3.8) is 0 Å². The number of methoxy groups -OCH3 is 1. The number of hydroxylamine groups is 2. The molecule has 1 rings (SSSR count). The number of nitrogens with zero attached hydrogens (tertiary/aromatic N) is 1. The summed E-state index contributed by atoms with van der Waals surface area (Å²) in [7, 11) is 1.20. The molecule has 1 aliphatic rings. The van der Waals surface area contributed by atoms with E-state index in [0.29, 0.717) is 0 Å². The van der Waals surface area contributed by atoms with Crippen LogP contribution in [0.4, 0.5) is 9.59 Å². The number of esters is 1. The lowest BCUT2D eigenvalue weighted by Crippen LogP contribution is -2.43. The van der Waals surface area contributed by atoms with E-state index in [2.05, 4.69) is 9.47 Å². The van der Waals surface area contributed by atoms with Crippen molar-refractivity contribution in [2.75, 3.05) is 13.7 Å². The van der Waals surface area contributed by atoms with Crippen LogP contribution in [0.1, 0.15) is 27.2 Å². The van der Waals surface area contributed by atoms with Crippen LogP contribution in [0.25, 0.3) is 0 Å². The number of ether oxygens (including phenoxy) is 3. The largest absolute Gasteiger partial charge is 0.467 e. The van der Waals surface area contributed by atoms with Gasteiger partial charge in [0.1, 0.15) is 18.3 Å². The van der Waals surface area contributed by atoms with E-state index in [4.69, 9.17) is 15.3 Å². The number of amides is 2. The Morgan fingerprint density at radius 2 is 1.95 bits per heavy atom. The maximum absolute atomic E-state index is 12.0. The summed E-state index contributed by atoms with van der Waals surface area (Å²) < 4.78 is 14.4. The highest BCUT2D eigenvalue weighted by Gasteiger charge is 2.44. The molecule has 0 bridgehead atoms. The Kier molecular flexibility index (Phi) is 5.36. The number of carbonyl (C=O) groups excluding carboxylic acids is 3. The van der Waals surface area contributed by atoms with Crippen molar-refractivity contribution in [3.8, 4) is 0 Å². The van der Waals surface area contributed by atoms with Gasteiger partial charge in [-0.3, -0.25) is 4.84 Å². The van der Waals surface area contributed by atoms with Gasteiger partial charge in [-0.05, 0) is 20.8 Å². The predicted molar refractivity (Wildman–Crippen MR) is 68.9 cm³/mol. The average molecular weight is 304 g/mol. The van der Waals surface area contributed by atoms with Gasteiger partial charge in [0, 0.05) is 6.42 Å². The summed E-state index contributed by atoms with van der Waals surface area (Å²) in [5, 5.41) is 0.798. The summed E-state index contributed by atoms with van der Waals surface area (Å²) in [6, 6.07) is -0.966. The molecule has 0 aromatic heterocycles. The minimum atomic E-state index is -0.969. The van der Waals surface area contributed by atoms with E-state index in [1.165, 1.54) is 7.11 Å². The maximum Gasteiger partial charge on any atom is 0.435 e. The summed E-state index contributed by atoms with van der Waals surface area (Å²) in [6.07, 6.45) is -2.36. The first-order valence-electron chi connectivity index (χ1n) is 6.33. The molecule has 0 aromatic carbocycles. The summed E-state index contributed by atoms with van der Waals surface area (Å²) in [5.74, 6) is -0.651. The lowest BCUT2D eigenvalue weighted by atomic mass is 10.1. The molecule has 2 amide bonds. The van der Waals surface area contributed by atoms with Crippen molar-refractivity contribution in [3.05, 3.63) is 0 Å². The standard InChI is InChI=1S/C12H20N2O7/c1-12(2,3)20-11(17)14-8(9(15)18-4)5-7(21-14)6-19-10(13)16/h7-8H,5-6H2,1-4H3,(H2,13,16)/t7-,8+/m1/s1. The van der Waals surface area contributed by atoms with Gasteiger partial charge in [-0.1, -0.05) is 0 Å². The second-order valence-corrected chi connectivity index (χ2v) is 5.44. The molecular weight excluding hydrogens is 284 g/mol. The Hall–Kier alpha value is -2.03. The smallest absolute Gasteiger partial charge is 0.435 e. The van der Waals surface area contributed by atoms with Gasteiger partial charge >= 0.3 is 18.2 Å². The number of hydrogen-bond donors (Lipinski definition) is 1. The molecule has 9 heteroatoms. The van der Waals surface area contributed by atoms with Crippen molar-refractivity contribution >= 4 is 18.2 Å². The second kappa shape index (κ2) is 6.61. The Bertz CT molecular complexity index is 418. The summed E-state index contributed by atoms with van der Waals surface area (Å²) >= 11 is 0. The summed E-state index contributed by atoms with van der Waals surface area (Å²) in [4.78, 5) is 39.6. The molecule has 21 heavy (non-hydrogen) atoms. The molecule has 120 valence electrons. The van der Waals surface area contributed by atoms with Crippen LogP contribution in [0.15, 0.2) is 0 Å². The zero-order chi connectivity index (χ0) is 16.2. The molecule has 0 aromatic rings. The molecule has 1 heterocycles. The predicted octanol–water partition coefficient (Wildman–Crippen LogP) is 0.564. The first-order valence-corrected chi connectivity index (χ1v) is 6.33. The van der Waals surface area contributed by atoms with E-state index in [1.54, 1.807) is 20.8 Å². The van der Waals surface area contributed by atoms with Gasteiger partial charge in [-0.2, -0.15) is 5.06 Å². The van der Waals surface area contributed by atoms with Crippen molar-refractivity contribution in [1.82, 2.24) is 5.06 Å². The van der Waals surface area contributed by atoms with Crippen LogP contribution >= 0.6 is 0 Å². The van der Waals surface area contributed by atoms with Crippen molar-refractivity contribution < 1.29 is 33.4 Å². The fourth-order valence-corrected chi connectivity index (χ4v) is 1.70. The number of nitrogens with two attached hydrogens (primary N) is 1. The zero-order valence-corrected chi connectivity index (χ0v) is 12.5. The lowest BCUT2D eigenvalue weighted by Gasteiger charge is -2.26. The first-order chi connectivity index (χ1) is 9.64. The van der Waals surface area contributed by atoms with Crippen LogP contribution in [0.3, 0.4) is 0 Å². The van der Waals surface area contributed by atoms with E-state index < -0.39 is 35.9 Å². The van der Waals surface area contributed by atoms with Crippen LogP contribution in [-0.2, 0) is 23.8 Å². The third-order valence-corrected chi connectivity index (χ3v) is 2.49. The third-order valence-electron chi connectivity index (χ3n) is 2.49. The molecule has 1 fully saturated rings. The van der Waals surface area contributed by atoms with E-state index in [9.17, 15) is 14.4 Å². The molecular formula is C12H20N2O7. The van der Waals surface area contributed by atoms with Crippen LogP contribution < -0.4 is 5.73 Å². The molecule has 0 aliphatic carbocycles. The van der Waals surface area contributed by atoms with Gasteiger partial charge in [-0.15, -0.1) is 0 Å². The molecule has 0 saturated carbocycles. The summed E-state index contributed by atoms with van der Waals surface area (Å²) in [5.41, 5.74) is 4.11. The Labute approximate surface area is 122 Å². The van der Waals surface area contributed by atoms with Gasteiger partial charge in [0.2, 0.25) is 0 Å². The molecule has 0 unspecified atom stereocenters. The molecule has 0 radical (unpaired) electrons. The SMILES string of the molecule is COC(=O)[C@@H]1C[C@H](COC(N)=O)ON1C(=O)OC(C)(C)C. The monoisotopic (exact) mass is 304 g/mol. The Morgan fingerprint density at radius 3 is 2.43 bits per heavy atom. The van der Waals surface area contributed by atoms with Gasteiger partial charge in [-0.25, -0.2) is 14.4 Å². The fraction of sp³-hybridized carbons (Fsp3) is 0.750. The van der Waals surface area contributed by atoms with Gasteiger partial charge in [0.25, 0.3) is 0 Å². The van der Waals surface area contributed by atoms with Crippen LogP contribution in [0, 0.1) is 0 Å². The quantitative estimate of drug-likeness (QED) is 0.598. The minimum Gasteiger partial charge on any atom is -0.467 e. The first kappa shape index (κ1) is 17.0. The van der Waals surface area contributed by atoms with Crippen LogP contribution in [0.2, 0.25) is 0 Å². The maximum atomic E-state index is 12.0. The highest BCUT2D eigenvalue weighted by molar-refractivity contribution is 5.81.